The maximum atomic E-state index is 12.6. The first-order valence-corrected chi connectivity index (χ1v) is 9.69. The zero-order valence-corrected chi connectivity index (χ0v) is 16.2. The predicted octanol–water partition coefficient (Wildman–Crippen LogP) is -0.515. The Morgan fingerprint density at radius 3 is 3.07 bits per heavy atom. The predicted molar refractivity (Wildman–Crippen MR) is 107 cm³/mol. The molecule has 0 bridgehead atoms. The van der Waals surface area contributed by atoms with Crippen LogP contribution in [0.5, 0.6) is 5.75 Å². The van der Waals surface area contributed by atoms with E-state index >= 15 is 0 Å². The van der Waals surface area contributed by atoms with Crippen LogP contribution in [-0.2, 0) is 16.1 Å². The lowest BCUT2D eigenvalue weighted by atomic mass is 10.2. The molecule has 3 N–H and O–H groups in total. The topological polar surface area (TPSA) is 118 Å². The third kappa shape index (κ3) is 4.22. The second kappa shape index (κ2) is 8.18. The highest BCUT2D eigenvalue weighted by atomic mass is 16.5. The monoisotopic (exact) mass is 400 g/mol. The summed E-state index contributed by atoms with van der Waals surface area (Å²) in [5.41, 5.74) is 0.221. The van der Waals surface area contributed by atoms with Crippen LogP contribution in [-0.4, -0.2) is 65.7 Å². The van der Waals surface area contributed by atoms with Crippen LogP contribution in [0.2, 0.25) is 0 Å². The van der Waals surface area contributed by atoms with Gasteiger partial charge in [0, 0.05) is 26.1 Å². The molecule has 1 fully saturated rings. The zero-order valence-electron chi connectivity index (χ0n) is 16.2. The molecule has 10 heteroatoms. The van der Waals surface area contributed by atoms with E-state index in [9.17, 15) is 14.4 Å². The van der Waals surface area contributed by atoms with Crippen molar-refractivity contribution >= 4 is 28.7 Å². The number of nitrogens with zero attached hydrogens (tertiary/aromatic N) is 3. The van der Waals surface area contributed by atoms with Gasteiger partial charge in [0.05, 0.1) is 23.7 Å². The first-order chi connectivity index (χ1) is 14.0. The number of nitrogens with one attached hydrogen (secondary N) is 3. The van der Waals surface area contributed by atoms with Gasteiger partial charge in [-0.2, -0.15) is 0 Å². The largest absolute Gasteiger partial charge is 0.494 e. The standard InChI is InChI=1S/C19H24N6O4/c1-24-7-6-20-10-15(24)22-16(26)3-2-8-29-12-4-5-14-13(9-12)18(28)25-11-17(27)23-19(25)21-14/h4-5,9,15,20H,2-3,6-8,10-11H2,1H3,(H,22,26)(H,21,23,27). The highest BCUT2D eigenvalue weighted by Crippen LogP contribution is 2.20. The fourth-order valence-corrected chi connectivity index (χ4v) is 3.49. The van der Waals surface area contributed by atoms with Gasteiger partial charge in [0.25, 0.3) is 5.56 Å². The van der Waals surface area contributed by atoms with E-state index in [1.165, 1.54) is 4.57 Å². The first-order valence-electron chi connectivity index (χ1n) is 9.69. The summed E-state index contributed by atoms with van der Waals surface area (Å²) in [6.45, 7) is 2.90. The molecule has 2 aromatic rings. The highest BCUT2D eigenvalue weighted by Gasteiger charge is 2.22. The molecule has 0 saturated carbocycles. The third-order valence-corrected chi connectivity index (χ3v) is 5.13. The maximum Gasteiger partial charge on any atom is 0.263 e. The summed E-state index contributed by atoms with van der Waals surface area (Å²) < 4.78 is 7.03. The van der Waals surface area contributed by atoms with Crippen molar-refractivity contribution in [1.29, 1.82) is 0 Å². The van der Waals surface area contributed by atoms with E-state index in [1.807, 2.05) is 7.05 Å². The molecular weight excluding hydrogens is 376 g/mol. The van der Waals surface area contributed by atoms with Crippen molar-refractivity contribution in [2.45, 2.75) is 25.6 Å². The Morgan fingerprint density at radius 2 is 2.24 bits per heavy atom. The average Bonchev–Trinajstić information content (AvgIpc) is 3.08. The molecule has 1 saturated heterocycles. The van der Waals surface area contributed by atoms with Crippen molar-refractivity contribution in [2.24, 2.45) is 0 Å². The Kier molecular flexibility index (Phi) is 5.45. The smallest absolute Gasteiger partial charge is 0.263 e. The molecule has 3 heterocycles. The molecule has 1 unspecified atom stereocenters. The van der Waals surface area contributed by atoms with Gasteiger partial charge >= 0.3 is 0 Å². The fourth-order valence-electron chi connectivity index (χ4n) is 3.49. The van der Waals surface area contributed by atoms with Gasteiger partial charge in [-0.25, -0.2) is 4.98 Å². The Bertz CT molecular complexity index is 1000. The number of carbonyl (C=O) groups is 2. The number of carbonyl (C=O) groups excluding carboxylic acids is 2. The lowest BCUT2D eigenvalue weighted by molar-refractivity contribution is -0.123. The lowest BCUT2D eigenvalue weighted by Gasteiger charge is -2.33. The van der Waals surface area contributed by atoms with Gasteiger partial charge in [-0.15, -0.1) is 0 Å². The van der Waals surface area contributed by atoms with Crippen LogP contribution in [0, 0.1) is 0 Å². The minimum absolute atomic E-state index is 0.0113. The minimum atomic E-state index is -0.279. The lowest BCUT2D eigenvalue weighted by Crippen LogP contribution is -2.57. The number of benzene rings is 1. The minimum Gasteiger partial charge on any atom is -0.494 e. The molecule has 29 heavy (non-hydrogen) atoms. The van der Waals surface area contributed by atoms with Crippen LogP contribution in [0.1, 0.15) is 12.8 Å². The van der Waals surface area contributed by atoms with Gasteiger partial charge < -0.3 is 15.4 Å². The van der Waals surface area contributed by atoms with Gasteiger partial charge in [-0.1, -0.05) is 0 Å². The number of piperazine rings is 1. The van der Waals surface area contributed by atoms with E-state index < -0.39 is 0 Å². The molecule has 1 aromatic heterocycles. The number of ether oxygens (including phenoxy) is 1. The van der Waals surface area contributed by atoms with Gasteiger partial charge in [0.2, 0.25) is 17.8 Å². The molecule has 1 atom stereocenters. The normalized spacial score (nSPS) is 19.1. The summed E-state index contributed by atoms with van der Waals surface area (Å²) in [6, 6.07) is 5.05. The highest BCUT2D eigenvalue weighted by molar-refractivity contribution is 5.94. The Hall–Kier alpha value is -2.98. The molecule has 10 nitrogen and oxygen atoms in total. The number of anilines is 1. The molecule has 154 valence electrons. The number of likely N-dealkylation sites (N-methyl/N-ethyl adjacent to an activating group) is 1. The summed E-state index contributed by atoms with van der Waals surface area (Å²) >= 11 is 0. The summed E-state index contributed by atoms with van der Waals surface area (Å²) in [5.74, 6) is 0.537. The second-order valence-electron chi connectivity index (χ2n) is 7.27. The summed E-state index contributed by atoms with van der Waals surface area (Å²) in [4.78, 5) is 42.6. The molecule has 0 radical (unpaired) electrons. The summed E-state index contributed by atoms with van der Waals surface area (Å²) in [5, 5.41) is 9.23. The van der Waals surface area contributed by atoms with Crippen molar-refractivity contribution < 1.29 is 14.3 Å². The Balaban J connectivity index is 1.31. The van der Waals surface area contributed by atoms with Crippen molar-refractivity contribution in [3.63, 3.8) is 0 Å². The van der Waals surface area contributed by atoms with E-state index in [-0.39, 0.29) is 36.0 Å². The van der Waals surface area contributed by atoms with Gasteiger partial charge in [0.15, 0.2) is 0 Å². The van der Waals surface area contributed by atoms with Crippen LogP contribution >= 0.6 is 0 Å². The Morgan fingerprint density at radius 1 is 1.38 bits per heavy atom. The second-order valence-corrected chi connectivity index (χ2v) is 7.27. The SMILES string of the molecule is CN1CCNCC1NC(=O)CCCOc1ccc2nc3n(c(=O)c2c1)CC(=O)N3. The molecule has 2 amide bonds. The number of fused-ring (bicyclic) bond motifs is 2. The third-order valence-electron chi connectivity index (χ3n) is 5.13. The average molecular weight is 400 g/mol. The summed E-state index contributed by atoms with van der Waals surface area (Å²) in [6.07, 6.45) is 0.943. The fraction of sp³-hybridized carbons (Fsp3) is 0.474. The molecule has 2 aliphatic heterocycles. The van der Waals surface area contributed by atoms with Gasteiger partial charge in [-0.3, -0.25) is 29.2 Å². The van der Waals surface area contributed by atoms with Crippen LogP contribution in [0.4, 0.5) is 5.95 Å². The van der Waals surface area contributed by atoms with Crippen molar-refractivity contribution in [3.05, 3.63) is 28.6 Å². The van der Waals surface area contributed by atoms with E-state index in [0.717, 1.165) is 19.6 Å². The molecule has 1 aromatic carbocycles. The quantitative estimate of drug-likeness (QED) is 0.559. The van der Waals surface area contributed by atoms with E-state index in [4.69, 9.17) is 4.74 Å². The van der Waals surface area contributed by atoms with Gasteiger partial charge in [-0.05, 0) is 31.7 Å². The number of hydrogen-bond donors (Lipinski definition) is 3. The van der Waals surface area contributed by atoms with Gasteiger partial charge in [0.1, 0.15) is 12.3 Å². The van der Waals surface area contributed by atoms with Crippen LogP contribution < -0.4 is 26.2 Å². The molecule has 4 rings (SSSR count). The van der Waals surface area contributed by atoms with Crippen LogP contribution in [0.3, 0.4) is 0 Å². The van der Waals surface area contributed by atoms with E-state index in [2.05, 4.69) is 25.8 Å². The number of aromatic nitrogens is 2. The summed E-state index contributed by atoms with van der Waals surface area (Å²) in [7, 11) is 1.99. The molecule has 0 aliphatic carbocycles. The van der Waals surface area contributed by atoms with Crippen LogP contribution in [0.15, 0.2) is 23.0 Å². The maximum absolute atomic E-state index is 12.6. The molecule has 2 aliphatic rings. The van der Waals surface area contributed by atoms with Crippen molar-refractivity contribution in [3.8, 4) is 5.75 Å². The number of hydrogen-bond acceptors (Lipinski definition) is 7. The number of rotatable bonds is 6. The first kappa shape index (κ1) is 19.3. The Labute approximate surface area is 167 Å². The van der Waals surface area contributed by atoms with Crippen molar-refractivity contribution in [1.82, 2.24) is 25.1 Å². The van der Waals surface area contributed by atoms with E-state index in [1.54, 1.807) is 18.2 Å². The molecule has 0 spiro atoms. The van der Waals surface area contributed by atoms with E-state index in [0.29, 0.717) is 36.1 Å². The molecular formula is C19H24N6O4. The zero-order chi connectivity index (χ0) is 20.4. The van der Waals surface area contributed by atoms with Crippen molar-refractivity contribution in [2.75, 3.05) is 38.6 Å². The number of amides is 2. The van der Waals surface area contributed by atoms with Crippen LogP contribution in [0.25, 0.3) is 10.9 Å².